The SMILES string of the molecule is CCCCCCCCCCCCCCCCCCC(=O)O[C@H](COC(=O)CCCCCCCCCCCCC)COP(=O)(O)OC[C@@H](O)COP(=O)(O)OC[C@@H](COC(=O)CCCCCCC)OC(=O)CCCCCCCCCC(C)C. The number of ether oxygens (including phenoxy) is 4. The molecule has 0 amide bonds. The van der Waals surface area contributed by atoms with Gasteiger partial charge in [-0.05, 0) is 31.6 Å². The van der Waals surface area contributed by atoms with E-state index in [1.165, 1.54) is 135 Å². The molecule has 0 rings (SSSR count). The highest BCUT2D eigenvalue weighted by atomic mass is 31.2. The number of aliphatic hydroxyl groups excluding tert-OH is 1. The van der Waals surface area contributed by atoms with Crippen LogP contribution in [0.4, 0.5) is 0 Å². The van der Waals surface area contributed by atoms with Crippen LogP contribution in [-0.2, 0) is 65.4 Å². The van der Waals surface area contributed by atoms with Gasteiger partial charge in [-0.1, -0.05) is 266 Å². The van der Waals surface area contributed by atoms with Gasteiger partial charge in [0.05, 0.1) is 26.4 Å². The van der Waals surface area contributed by atoms with E-state index in [4.69, 9.17) is 37.0 Å². The van der Waals surface area contributed by atoms with Crippen molar-refractivity contribution in [3.63, 3.8) is 0 Å². The third-order valence-electron chi connectivity index (χ3n) is 14.5. The molecule has 82 heavy (non-hydrogen) atoms. The summed E-state index contributed by atoms with van der Waals surface area (Å²) in [7, 11) is -9.87. The van der Waals surface area contributed by atoms with Crippen molar-refractivity contribution in [3.8, 4) is 0 Å². The Morgan fingerprint density at radius 1 is 0.329 bits per heavy atom. The van der Waals surface area contributed by atoms with Gasteiger partial charge in [0.1, 0.15) is 19.3 Å². The Bertz CT molecular complexity index is 1600. The van der Waals surface area contributed by atoms with Crippen molar-refractivity contribution in [3.05, 3.63) is 0 Å². The smallest absolute Gasteiger partial charge is 0.462 e. The second kappa shape index (κ2) is 56.8. The van der Waals surface area contributed by atoms with Crippen LogP contribution in [0, 0.1) is 5.92 Å². The number of phosphoric acid groups is 2. The van der Waals surface area contributed by atoms with Gasteiger partial charge >= 0.3 is 39.5 Å². The molecule has 0 heterocycles. The summed E-state index contributed by atoms with van der Waals surface area (Å²) >= 11 is 0. The quantitative estimate of drug-likeness (QED) is 0.0222. The van der Waals surface area contributed by atoms with Gasteiger partial charge in [0, 0.05) is 25.7 Å². The molecule has 0 aliphatic heterocycles. The van der Waals surface area contributed by atoms with Gasteiger partial charge in [0.2, 0.25) is 0 Å². The molecule has 0 bridgehead atoms. The maximum Gasteiger partial charge on any atom is 0.472 e. The third kappa shape index (κ3) is 57.2. The highest BCUT2D eigenvalue weighted by Crippen LogP contribution is 2.45. The van der Waals surface area contributed by atoms with Crippen molar-refractivity contribution in [1.29, 1.82) is 0 Å². The zero-order valence-electron chi connectivity index (χ0n) is 52.6. The van der Waals surface area contributed by atoms with Crippen LogP contribution in [0.5, 0.6) is 0 Å². The Balaban J connectivity index is 5.16. The molecule has 3 N–H and O–H groups in total. The van der Waals surface area contributed by atoms with Crippen molar-refractivity contribution in [2.24, 2.45) is 5.92 Å². The lowest BCUT2D eigenvalue weighted by Crippen LogP contribution is -2.30. The van der Waals surface area contributed by atoms with E-state index in [9.17, 15) is 43.2 Å². The minimum Gasteiger partial charge on any atom is -0.462 e. The third-order valence-corrected chi connectivity index (χ3v) is 16.4. The fourth-order valence-corrected chi connectivity index (χ4v) is 11.0. The number of phosphoric ester groups is 2. The summed E-state index contributed by atoms with van der Waals surface area (Å²) in [6.07, 6.45) is 40.7. The lowest BCUT2D eigenvalue weighted by Gasteiger charge is -2.21. The lowest BCUT2D eigenvalue weighted by molar-refractivity contribution is -0.161. The highest BCUT2D eigenvalue weighted by molar-refractivity contribution is 7.47. The number of aliphatic hydroxyl groups is 1. The molecule has 2 unspecified atom stereocenters. The van der Waals surface area contributed by atoms with Crippen LogP contribution in [0.3, 0.4) is 0 Å². The van der Waals surface area contributed by atoms with Crippen LogP contribution >= 0.6 is 15.6 Å². The van der Waals surface area contributed by atoms with Gasteiger partial charge in [-0.15, -0.1) is 0 Å². The first-order chi connectivity index (χ1) is 39.5. The van der Waals surface area contributed by atoms with Crippen LogP contribution in [0.25, 0.3) is 0 Å². The highest BCUT2D eigenvalue weighted by Gasteiger charge is 2.30. The summed E-state index contributed by atoms with van der Waals surface area (Å²) in [5, 5.41) is 10.5. The minimum atomic E-state index is -4.94. The summed E-state index contributed by atoms with van der Waals surface area (Å²) in [4.78, 5) is 71.9. The van der Waals surface area contributed by atoms with E-state index in [0.717, 1.165) is 96.3 Å². The summed E-state index contributed by atoms with van der Waals surface area (Å²) in [5.74, 6) is -1.45. The van der Waals surface area contributed by atoms with Gasteiger partial charge < -0.3 is 33.8 Å². The van der Waals surface area contributed by atoms with Crippen LogP contribution in [0.15, 0.2) is 0 Å². The largest absolute Gasteiger partial charge is 0.472 e. The molecule has 0 aromatic rings. The number of esters is 4. The molecule has 0 spiro atoms. The van der Waals surface area contributed by atoms with Crippen LogP contribution < -0.4 is 0 Å². The fraction of sp³-hybridized carbons (Fsp3) is 0.937. The Morgan fingerprint density at radius 2 is 0.561 bits per heavy atom. The topological polar surface area (TPSA) is 237 Å². The first kappa shape index (κ1) is 80.1. The molecule has 5 atom stereocenters. The van der Waals surface area contributed by atoms with Crippen molar-refractivity contribution in [1.82, 2.24) is 0 Å². The van der Waals surface area contributed by atoms with E-state index in [2.05, 4.69) is 34.6 Å². The molecule has 0 aliphatic rings. The molecular weight excluding hydrogens is 1090 g/mol. The monoisotopic (exact) mass is 1210 g/mol. The number of unbranched alkanes of at least 4 members (excludes halogenated alkanes) is 35. The normalized spacial score (nSPS) is 14.3. The predicted octanol–water partition coefficient (Wildman–Crippen LogP) is 17.4. The second-order valence-electron chi connectivity index (χ2n) is 23.3. The van der Waals surface area contributed by atoms with Gasteiger partial charge in [0.15, 0.2) is 12.2 Å². The maximum atomic E-state index is 13.0. The summed E-state index contributed by atoms with van der Waals surface area (Å²) < 4.78 is 67.8. The zero-order chi connectivity index (χ0) is 60.6. The minimum absolute atomic E-state index is 0.103. The molecule has 0 saturated heterocycles. The van der Waals surface area contributed by atoms with E-state index in [1.807, 2.05) is 0 Å². The molecule has 0 aromatic heterocycles. The van der Waals surface area contributed by atoms with Gasteiger partial charge in [-0.3, -0.25) is 37.3 Å². The van der Waals surface area contributed by atoms with Gasteiger partial charge in [-0.25, -0.2) is 9.13 Å². The molecule has 486 valence electrons. The lowest BCUT2D eigenvalue weighted by atomic mass is 10.0. The number of rotatable bonds is 63. The molecule has 19 heteroatoms. The van der Waals surface area contributed by atoms with E-state index in [0.29, 0.717) is 31.6 Å². The number of hydrogen-bond donors (Lipinski definition) is 3. The zero-order valence-corrected chi connectivity index (χ0v) is 54.4. The van der Waals surface area contributed by atoms with Crippen molar-refractivity contribution in [2.45, 2.75) is 335 Å². The average Bonchev–Trinajstić information content (AvgIpc) is 3.45. The van der Waals surface area contributed by atoms with E-state index >= 15 is 0 Å². The summed E-state index contributed by atoms with van der Waals surface area (Å²) in [5.41, 5.74) is 0. The average molecular weight is 1210 g/mol. The number of hydrogen-bond acceptors (Lipinski definition) is 15. The second-order valence-corrected chi connectivity index (χ2v) is 26.2. The van der Waals surface area contributed by atoms with E-state index in [-0.39, 0.29) is 25.7 Å². The van der Waals surface area contributed by atoms with Crippen molar-refractivity contribution >= 4 is 39.5 Å². The Hall–Kier alpha value is -1.94. The van der Waals surface area contributed by atoms with E-state index < -0.39 is 97.5 Å². The predicted molar refractivity (Wildman–Crippen MR) is 326 cm³/mol. The maximum absolute atomic E-state index is 13.0. The molecular formula is C63H122O17P2. The fourth-order valence-electron chi connectivity index (χ4n) is 9.41. The molecule has 0 fully saturated rings. The first-order valence-electron chi connectivity index (χ1n) is 33.1. The Morgan fingerprint density at radius 3 is 0.829 bits per heavy atom. The molecule has 0 saturated carbocycles. The van der Waals surface area contributed by atoms with Crippen LogP contribution in [-0.4, -0.2) is 96.7 Å². The van der Waals surface area contributed by atoms with Crippen molar-refractivity contribution < 1.29 is 80.2 Å². The summed E-state index contributed by atoms with van der Waals surface area (Å²) in [6, 6.07) is 0. The Kier molecular flexibility index (Phi) is 55.5. The van der Waals surface area contributed by atoms with E-state index in [1.54, 1.807) is 0 Å². The molecule has 0 radical (unpaired) electrons. The van der Waals surface area contributed by atoms with Crippen LogP contribution in [0.2, 0.25) is 0 Å². The standard InChI is InChI=1S/C63H122O17P2/c1-6-9-12-15-17-19-21-22-23-24-25-27-29-33-38-43-48-62(67)80-59(53-74-61(66)47-42-37-32-28-26-20-18-16-13-10-7-2)55-78-82(71,72)76-51-57(64)50-75-81(69,70)77-54-58(52-73-60(65)46-41-35-14-11-8-3)79-63(68)49-44-39-34-30-31-36-40-45-56(4)5/h56-59,64H,6-55H2,1-5H3,(H,69,70)(H,71,72)/t57-,58+,59+/m0/s1. The molecule has 0 aliphatic carbocycles. The number of carbonyl (C=O) groups excluding carboxylic acids is 4. The molecule has 17 nitrogen and oxygen atoms in total. The van der Waals surface area contributed by atoms with Gasteiger partial charge in [-0.2, -0.15) is 0 Å². The summed E-state index contributed by atoms with van der Waals surface area (Å²) in [6.45, 7) is 7.04. The first-order valence-corrected chi connectivity index (χ1v) is 36.1. The van der Waals surface area contributed by atoms with Crippen LogP contribution in [0.1, 0.15) is 317 Å². The van der Waals surface area contributed by atoms with Crippen molar-refractivity contribution in [2.75, 3.05) is 39.6 Å². The molecule has 0 aromatic carbocycles. The number of carbonyl (C=O) groups is 4. The Labute approximate surface area is 498 Å². The van der Waals surface area contributed by atoms with Gasteiger partial charge in [0.25, 0.3) is 0 Å².